The standard InChI is InChI=1S/C12H14N2O3S/c1-8-4-2-7-10-11(8)13-12(15)14(18(10,16)17)9-5-3-6-9/h2,4,7,9H,3,5-6H2,1H3,(H,13,15). The van der Waals surface area contributed by atoms with Gasteiger partial charge in [0.05, 0.1) is 11.7 Å². The second-order valence-electron chi connectivity index (χ2n) is 4.76. The number of urea groups is 1. The number of benzene rings is 1. The molecule has 3 rings (SSSR count). The zero-order chi connectivity index (χ0) is 12.9. The van der Waals surface area contributed by atoms with Crippen LogP contribution in [0.5, 0.6) is 0 Å². The van der Waals surface area contributed by atoms with Gasteiger partial charge < -0.3 is 5.32 Å². The number of carbonyl (C=O) groups excluding carboxylic acids is 1. The van der Waals surface area contributed by atoms with E-state index in [4.69, 9.17) is 0 Å². The summed E-state index contributed by atoms with van der Waals surface area (Å²) in [6.07, 6.45) is 2.49. The van der Waals surface area contributed by atoms with E-state index < -0.39 is 16.1 Å². The lowest BCUT2D eigenvalue weighted by molar-refractivity contribution is 0.199. The van der Waals surface area contributed by atoms with Gasteiger partial charge in [0.15, 0.2) is 0 Å². The average Bonchev–Trinajstić information content (AvgIpc) is 2.23. The predicted molar refractivity (Wildman–Crippen MR) is 66.9 cm³/mol. The Balaban J connectivity index is 2.16. The van der Waals surface area contributed by atoms with Crippen LogP contribution in [0, 0.1) is 6.92 Å². The Hall–Kier alpha value is -1.56. The first kappa shape index (κ1) is 11.5. The van der Waals surface area contributed by atoms with E-state index in [1.807, 2.05) is 0 Å². The van der Waals surface area contributed by atoms with Crippen molar-refractivity contribution in [2.75, 3.05) is 5.32 Å². The molecule has 96 valence electrons. The van der Waals surface area contributed by atoms with Crippen LogP contribution in [0.2, 0.25) is 0 Å². The molecule has 2 amide bonds. The summed E-state index contributed by atoms with van der Waals surface area (Å²) in [6.45, 7) is 1.79. The fourth-order valence-electron chi connectivity index (χ4n) is 2.38. The van der Waals surface area contributed by atoms with Gasteiger partial charge in [0.1, 0.15) is 4.90 Å². The van der Waals surface area contributed by atoms with Crippen molar-refractivity contribution in [2.45, 2.75) is 37.1 Å². The van der Waals surface area contributed by atoms with Gasteiger partial charge in [-0.15, -0.1) is 0 Å². The van der Waals surface area contributed by atoms with Crippen LogP contribution in [-0.2, 0) is 10.0 Å². The number of anilines is 1. The van der Waals surface area contributed by atoms with Crippen molar-refractivity contribution in [1.82, 2.24) is 4.31 Å². The summed E-state index contributed by atoms with van der Waals surface area (Å²) < 4.78 is 25.9. The van der Waals surface area contributed by atoms with Gasteiger partial charge in [-0.05, 0) is 37.8 Å². The molecule has 0 aromatic heterocycles. The number of fused-ring (bicyclic) bond motifs is 1. The number of carbonyl (C=O) groups is 1. The second-order valence-corrected chi connectivity index (χ2v) is 6.55. The van der Waals surface area contributed by atoms with Gasteiger partial charge in [-0.2, -0.15) is 0 Å². The molecular weight excluding hydrogens is 252 g/mol. The van der Waals surface area contributed by atoms with E-state index in [1.165, 1.54) is 0 Å². The van der Waals surface area contributed by atoms with Crippen molar-refractivity contribution in [1.29, 1.82) is 0 Å². The molecule has 1 saturated carbocycles. The van der Waals surface area contributed by atoms with Crippen molar-refractivity contribution in [3.63, 3.8) is 0 Å². The number of rotatable bonds is 1. The second kappa shape index (κ2) is 3.71. The molecule has 0 radical (unpaired) electrons. The third-order valence-corrected chi connectivity index (χ3v) is 5.49. The van der Waals surface area contributed by atoms with Crippen molar-refractivity contribution in [2.24, 2.45) is 0 Å². The highest BCUT2D eigenvalue weighted by molar-refractivity contribution is 7.90. The molecule has 1 aliphatic heterocycles. The molecule has 1 N–H and O–H groups in total. The highest BCUT2D eigenvalue weighted by Crippen LogP contribution is 2.37. The summed E-state index contributed by atoms with van der Waals surface area (Å²) in [6, 6.07) is 4.32. The zero-order valence-corrected chi connectivity index (χ0v) is 10.8. The van der Waals surface area contributed by atoms with Crippen LogP contribution in [0.3, 0.4) is 0 Å². The topological polar surface area (TPSA) is 66.5 Å². The van der Waals surface area contributed by atoms with Crippen LogP contribution in [0.15, 0.2) is 23.1 Å². The number of sulfonamides is 1. The van der Waals surface area contributed by atoms with Crippen molar-refractivity contribution in [3.8, 4) is 0 Å². The molecule has 0 bridgehead atoms. The lowest BCUT2D eigenvalue weighted by atomic mass is 9.93. The molecule has 2 aliphatic rings. The highest BCUT2D eigenvalue weighted by atomic mass is 32.2. The summed E-state index contributed by atoms with van der Waals surface area (Å²) in [5, 5.41) is 2.69. The first-order valence-corrected chi connectivity index (χ1v) is 7.41. The van der Waals surface area contributed by atoms with Crippen molar-refractivity contribution in [3.05, 3.63) is 23.8 Å². The Morgan fingerprint density at radius 2 is 2.06 bits per heavy atom. The summed E-state index contributed by atoms with van der Waals surface area (Å²) in [4.78, 5) is 12.2. The lowest BCUT2D eigenvalue weighted by Gasteiger charge is -2.39. The molecule has 1 aromatic rings. The molecule has 1 heterocycles. The SMILES string of the molecule is Cc1cccc2c1NC(=O)N(C1CCC1)S2(=O)=O. The van der Waals surface area contributed by atoms with Gasteiger partial charge in [-0.1, -0.05) is 12.1 Å². The normalized spacial score (nSPS) is 22.1. The molecule has 5 nitrogen and oxygen atoms in total. The van der Waals surface area contributed by atoms with Crippen molar-refractivity contribution >= 4 is 21.7 Å². The lowest BCUT2D eigenvalue weighted by Crippen LogP contribution is -2.52. The largest absolute Gasteiger partial charge is 0.336 e. The summed E-state index contributed by atoms with van der Waals surface area (Å²) in [7, 11) is -3.69. The maximum Gasteiger partial charge on any atom is 0.336 e. The van der Waals surface area contributed by atoms with Crippen LogP contribution >= 0.6 is 0 Å². The third kappa shape index (κ3) is 1.45. The van der Waals surface area contributed by atoms with E-state index >= 15 is 0 Å². The summed E-state index contributed by atoms with van der Waals surface area (Å²) in [5.41, 5.74) is 1.18. The molecule has 1 aromatic carbocycles. The van der Waals surface area contributed by atoms with Crippen LogP contribution in [-0.4, -0.2) is 24.8 Å². The van der Waals surface area contributed by atoms with E-state index in [0.29, 0.717) is 5.69 Å². The van der Waals surface area contributed by atoms with E-state index in [0.717, 1.165) is 29.1 Å². The van der Waals surface area contributed by atoms with Crippen LogP contribution in [0.25, 0.3) is 0 Å². The molecule has 0 saturated heterocycles. The minimum Gasteiger partial charge on any atom is -0.305 e. The van der Waals surface area contributed by atoms with Crippen LogP contribution < -0.4 is 5.32 Å². The minimum absolute atomic E-state index is 0.177. The first-order chi connectivity index (χ1) is 8.51. The first-order valence-electron chi connectivity index (χ1n) is 5.97. The van der Waals surface area contributed by atoms with E-state index in [2.05, 4.69) is 5.32 Å². The average molecular weight is 266 g/mol. The Morgan fingerprint density at radius 3 is 2.67 bits per heavy atom. The van der Waals surface area contributed by atoms with Gasteiger partial charge in [-0.25, -0.2) is 17.5 Å². The minimum atomic E-state index is -3.69. The monoisotopic (exact) mass is 266 g/mol. The molecule has 0 unspecified atom stereocenters. The fourth-order valence-corrected chi connectivity index (χ4v) is 4.18. The van der Waals surface area contributed by atoms with E-state index in [-0.39, 0.29) is 10.9 Å². The van der Waals surface area contributed by atoms with Gasteiger partial charge >= 0.3 is 6.03 Å². The van der Waals surface area contributed by atoms with Crippen molar-refractivity contribution < 1.29 is 13.2 Å². The number of hydrogen-bond donors (Lipinski definition) is 1. The highest BCUT2D eigenvalue weighted by Gasteiger charge is 2.43. The fraction of sp³-hybridized carbons (Fsp3) is 0.417. The Kier molecular flexibility index (Phi) is 2.38. The summed E-state index contributed by atoms with van der Waals surface area (Å²) in [5.74, 6) is 0. The number of para-hydroxylation sites is 1. The van der Waals surface area contributed by atoms with Gasteiger partial charge in [0, 0.05) is 0 Å². The Labute approximate surface area is 106 Å². The van der Waals surface area contributed by atoms with Crippen LogP contribution in [0.1, 0.15) is 24.8 Å². The molecule has 1 fully saturated rings. The number of nitrogens with zero attached hydrogens (tertiary/aromatic N) is 1. The maximum absolute atomic E-state index is 12.5. The zero-order valence-electron chi connectivity index (χ0n) is 10.0. The van der Waals surface area contributed by atoms with Crippen LogP contribution in [0.4, 0.5) is 10.5 Å². The summed E-state index contributed by atoms with van der Waals surface area (Å²) >= 11 is 0. The molecule has 0 spiro atoms. The molecule has 18 heavy (non-hydrogen) atoms. The molecule has 1 aliphatic carbocycles. The van der Waals surface area contributed by atoms with E-state index in [1.54, 1.807) is 25.1 Å². The van der Waals surface area contributed by atoms with Gasteiger partial charge in [-0.3, -0.25) is 0 Å². The number of hydrogen-bond acceptors (Lipinski definition) is 3. The Morgan fingerprint density at radius 1 is 1.33 bits per heavy atom. The van der Waals surface area contributed by atoms with Gasteiger partial charge in [0.2, 0.25) is 0 Å². The van der Waals surface area contributed by atoms with Gasteiger partial charge in [0.25, 0.3) is 10.0 Å². The predicted octanol–water partition coefficient (Wildman–Crippen LogP) is 2.08. The molecular formula is C12H14N2O3S. The quantitative estimate of drug-likeness (QED) is 0.846. The smallest absolute Gasteiger partial charge is 0.305 e. The third-order valence-electron chi connectivity index (χ3n) is 3.61. The van der Waals surface area contributed by atoms with E-state index in [9.17, 15) is 13.2 Å². The number of amides is 2. The molecule has 0 atom stereocenters. The number of nitrogens with one attached hydrogen (secondary N) is 1. The number of aryl methyl sites for hydroxylation is 1. The Bertz CT molecular complexity index is 620. The molecule has 6 heteroatoms. The maximum atomic E-state index is 12.5.